The molecule has 18 heavy (non-hydrogen) atoms. The average Bonchev–Trinajstić information content (AvgIpc) is 3.02. The highest BCUT2D eigenvalue weighted by molar-refractivity contribution is 5.33. The minimum atomic E-state index is 0.691. The van der Waals surface area contributed by atoms with Crippen LogP contribution < -0.4 is 5.32 Å². The van der Waals surface area contributed by atoms with Crippen molar-refractivity contribution in [3.05, 3.63) is 42.0 Å². The first-order chi connectivity index (χ1) is 8.84. The number of para-hydroxylation sites is 1. The Hall–Kier alpha value is -1.68. The molecule has 0 bridgehead atoms. The van der Waals surface area contributed by atoms with Crippen LogP contribution in [0.3, 0.4) is 0 Å². The van der Waals surface area contributed by atoms with Crippen molar-refractivity contribution in [1.29, 1.82) is 0 Å². The minimum Gasteiger partial charge on any atom is -0.316 e. The Morgan fingerprint density at radius 1 is 1.28 bits per heavy atom. The zero-order valence-electron chi connectivity index (χ0n) is 10.6. The second-order valence-electron chi connectivity index (χ2n) is 4.90. The standard InChI is InChI=1S/C14H18N4/c1-11-16-17-14(9-12-7-8-15-10-12)18(11)13-5-3-2-4-6-13/h2-6,12,15H,7-10H2,1H3. The lowest BCUT2D eigenvalue weighted by Gasteiger charge is -2.11. The molecule has 1 aliphatic heterocycles. The molecule has 4 heteroatoms. The molecule has 0 radical (unpaired) electrons. The molecule has 1 aliphatic rings. The average molecular weight is 242 g/mol. The zero-order chi connectivity index (χ0) is 12.4. The van der Waals surface area contributed by atoms with Crippen molar-refractivity contribution in [1.82, 2.24) is 20.1 Å². The molecule has 1 aromatic heterocycles. The van der Waals surface area contributed by atoms with Gasteiger partial charge in [-0.1, -0.05) is 18.2 Å². The van der Waals surface area contributed by atoms with E-state index >= 15 is 0 Å². The third-order valence-corrected chi connectivity index (χ3v) is 3.54. The smallest absolute Gasteiger partial charge is 0.137 e. The van der Waals surface area contributed by atoms with E-state index in [1.54, 1.807) is 0 Å². The second kappa shape index (κ2) is 4.90. The maximum absolute atomic E-state index is 4.34. The molecule has 4 nitrogen and oxygen atoms in total. The van der Waals surface area contributed by atoms with Crippen LogP contribution in [0.2, 0.25) is 0 Å². The fourth-order valence-corrected chi connectivity index (χ4v) is 2.60. The lowest BCUT2D eigenvalue weighted by Crippen LogP contribution is -2.13. The molecular formula is C14H18N4. The molecule has 1 fully saturated rings. The van der Waals surface area contributed by atoms with Crippen LogP contribution in [0, 0.1) is 12.8 Å². The lowest BCUT2D eigenvalue weighted by molar-refractivity contribution is 0.555. The van der Waals surface area contributed by atoms with Gasteiger partial charge in [-0.15, -0.1) is 10.2 Å². The van der Waals surface area contributed by atoms with Gasteiger partial charge in [0.1, 0.15) is 11.6 Å². The van der Waals surface area contributed by atoms with Crippen molar-refractivity contribution in [2.75, 3.05) is 13.1 Å². The van der Waals surface area contributed by atoms with E-state index in [2.05, 4.69) is 44.3 Å². The largest absolute Gasteiger partial charge is 0.316 e. The molecular weight excluding hydrogens is 224 g/mol. The Bertz CT molecular complexity index is 512. The van der Waals surface area contributed by atoms with Gasteiger partial charge in [0, 0.05) is 12.1 Å². The Morgan fingerprint density at radius 3 is 2.83 bits per heavy atom. The van der Waals surface area contributed by atoms with Crippen molar-refractivity contribution < 1.29 is 0 Å². The maximum Gasteiger partial charge on any atom is 0.137 e. The molecule has 0 saturated carbocycles. The van der Waals surface area contributed by atoms with Gasteiger partial charge in [-0.25, -0.2) is 0 Å². The highest BCUT2D eigenvalue weighted by Gasteiger charge is 2.19. The van der Waals surface area contributed by atoms with Crippen LogP contribution in [0.25, 0.3) is 5.69 Å². The van der Waals surface area contributed by atoms with E-state index in [-0.39, 0.29) is 0 Å². The molecule has 1 N–H and O–H groups in total. The van der Waals surface area contributed by atoms with E-state index in [9.17, 15) is 0 Å². The molecule has 1 saturated heterocycles. The quantitative estimate of drug-likeness (QED) is 0.891. The molecule has 0 aliphatic carbocycles. The van der Waals surface area contributed by atoms with Crippen molar-refractivity contribution in [2.24, 2.45) is 5.92 Å². The summed E-state index contributed by atoms with van der Waals surface area (Å²) in [6.45, 7) is 4.24. The van der Waals surface area contributed by atoms with Gasteiger partial charge in [0.25, 0.3) is 0 Å². The summed E-state index contributed by atoms with van der Waals surface area (Å²) in [6.07, 6.45) is 2.24. The highest BCUT2D eigenvalue weighted by atomic mass is 15.3. The fraction of sp³-hybridized carbons (Fsp3) is 0.429. The van der Waals surface area contributed by atoms with Gasteiger partial charge in [0.05, 0.1) is 0 Å². The molecule has 3 rings (SSSR count). The summed E-state index contributed by atoms with van der Waals surface area (Å²) in [5.74, 6) is 2.73. The van der Waals surface area contributed by atoms with Gasteiger partial charge in [0.2, 0.25) is 0 Å². The van der Waals surface area contributed by atoms with Crippen LogP contribution in [-0.4, -0.2) is 27.9 Å². The molecule has 94 valence electrons. The number of hydrogen-bond acceptors (Lipinski definition) is 3. The summed E-state index contributed by atoms with van der Waals surface area (Å²) < 4.78 is 2.16. The van der Waals surface area contributed by atoms with E-state index in [4.69, 9.17) is 0 Å². The normalized spacial score (nSPS) is 19.3. The van der Waals surface area contributed by atoms with Crippen LogP contribution in [0.4, 0.5) is 0 Å². The topological polar surface area (TPSA) is 42.7 Å². The summed E-state index contributed by atoms with van der Waals surface area (Å²) in [5, 5.41) is 12.0. The summed E-state index contributed by atoms with van der Waals surface area (Å²) >= 11 is 0. The van der Waals surface area contributed by atoms with Gasteiger partial charge < -0.3 is 5.32 Å². The Kier molecular flexibility index (Phi) is 3.11. The summed E-state index contributed by atoms with van der Waals surface area (Å²) in [7, 11) is 0. The van der Waals surface area contributed by atoms with E-state index < -0.39 is 0 Å². The van der Waals surface area contributed by atoms with Crippen LogP contribution >= 0.6 is 0 Å². The first-order valence-corrected chi connectivity index (χ1v) is 6.51. The predicted octanol–water partition coefficient (Wildman–Crippen LogP) is 1.73. The predicted molar refractivity (Wildman–Crippen MR) is 70.8 cm³/mol. The van der Waals surface area contributed by atoms with Crippen molar-refractivity contribution >= 4 is 0 Å². The van der Waals surface area contributed by atoms with Crippen LogP contribution in [0.15, 0.2) is 30.3 Å². The first kappa shape index (κ1) is 11.4. The molecule has 1 atom stereocenters. The summed E-state index contributed by atoms with van der Waals surface area (Å²) in [5.41, 5.74) is 1.15. The number of benzene rings is 1. The number of nitrogens with zero attached hydrogens (tertiary/aromatic N) is 3. The van der Waals surface area contributed by atoms with Crippen LogP contribution in [-0.2, 0) is 6.42 Å². The molecule has 2 heterocycles. The molecule has 0 spiro atoms. The van der Waals surface area contributed by atoms with E-state index in [1.807, 2.05) is 13.0 Å². The maximum atomic E-state index is 4.34. The second-order valence-corrected chi connectivity index (χ2v) is 4.90. The Balaban J connectivity index is 1.91. The van der Waals surface area contributed by atoms with Gasteiger partial charge in [-0.05, 0) is 44.5 Å². The number of nitrogens with one attached hydrogen (secondary N) is 1. The van der Waals surface area contributed by atoms with Crippen molar-refractivity contribution in [3.8, 4) is 5.69 Å². The molecule has 2 aromatic rings. The van der Waals surface area contributed by atoms with Gasteiger partial charge in [-0.2, -0.15) is 0 Å². The van der Waals surface area contributed by atoms with E-state index in [0.717, 1.165) is 36.8 Å². The van der Waals surface area contributed by atoms with Crippen LogP contribution in [0.5, 0.6) is 0 Å². The number of aromatic nitrogens is 3. The van der Waals surface area contributed by atoms with Gasteiger partial charge in [-0.3, -0.25) is 4.57 Å². The zero-order valence-corrected chi connectivity index (χ0v) is 10.6. The number of hydrogen-bond donors (Lipinski definition) is 1. The first-order valence-electron chi connectivity index (χ1n) is 6.51. The van der Waals surface area contributed by atoms with Crippen LogP contribution in [0.1, 0.15) is 18.1 Å². The van der Waals surface area contributed by atoms with Gasteiger partial charge >= 0.3 is 0 Å². The molecule has 0 amide bonds. The van der Waals surface area contributed by atoms with Crippen molar-refractivity contribution in [3.63, 3.8) is 0 Å². The summed E-state index contributed by atoms with van der Waals surface area (Å²) in [4.78, 5) is 0. The highest BCUT2D eigenvalue weighted by Crippen LogP contribution is 2.18. The molecule has 1 aromatic carbocycles. The summed E-state index contributed by atoms with van der Waals surface area (Å²) in [6, 6.07) is 10.3. The Morgan fingerprint density at radius 2 is 2.11 bits per heavy atom. The SMILES string of the molecule is Cc1nnc(CC2CCNC2)n1-c1ccccc1. The lowest BCUT2D eigenvalue weighted by atomic mass is 10.0. The molecule has 1 unspecified atom stereocenters. The minimum absolute atomic E-state index is 0.691. The van der Waals surface area contributed by atoms with E-state index in [0.29, 0.717) is 5.92 Å². The number of aryl methyl sites for hydroxylation is 1. The van der Waals surface area contributed by atoms with E-state index in [1.165, 1.54) is 6.42 Å². The van der Waals surface area contributed by atoms with Crippen molar-refractivity contribution in [2.45, 2.75) is 19.8 Å². The third-order valence-electron chi connectivity index (χ3n) is 3.54. The number of rotatable bonds is 3. The monoisotopic (exact) mass is 242 g/mol. The fourth-order valence-electron chi connectivity index (χ4n) is 2.60. The third kappa shape index (κ3) is 2.16. The Labute approximate surface area is 107 Å². The van der Waals surface area contributed by atoms with Gasteiger partial charge in [0.15, 0.2) is 0 Å².